The van der Waals surface area contributed by atoms with Crippen molar-refractivity contribution in [2.75, 3.05) is 11.9 Å². The van der Waals surface area contributed by atoms with E-state index in [0.717, 1.165) is 11.2 Å². The highest BCUT2D eigenvalue weighted by Gasteiger charge is 2.34. The van der Waals surface area contributed by atoms with Crippen LogP contribution in [0.5, 0.6) is 0 Å². The van der Waals surface area contributed by atoms with Crippen LogP contribution >= 0.6 is 23.1 Å². The molecule has 1 saturated carbocycles. The molecule has 1 aliphatic heterocycles. The van der Waals surface area contributed by atoms with Crippen molar-refractivity contribution < 1.29 is 0 Å². The molecule has 3 heteroatoms. The molecule has 0 aromatic carbocycles. The van der Waals surface area contributed by atoms with E-state index in [1.54, 1.807) is 0 Å². The third-order valence-electron chi connectivity index (χ3n) is 2.53. The number of hydrogen-bond acceptors (Lipinski definition) is 3. The molecule has 3 rings (SSSR count). The molecular weight excluding hydrogens is 186 g/mol. The summed E-state index contributed by atoms with van der Waals surface area (Å²) >= 11 is 3.97. The predicted molar refractivity (Wildman–Crippen MR) is 55.2 cm³/mol. The second kappa shape index (κ2) is 2.67. The van der Waals surface area contributed by atoms with Crippen molar-refractivity contribution in [3.8, 4) is 0 Å². The highest BCUT2D eigenvalue weighted by Crippen LogP contribution is 2.47. The van der Waals surface area contributed by atoms with Gasteiger partial charge in [-0.2, -0.15) is 0 Å². The van der Waals surface area contributed by atoms with Gasteiger partial charge in [0.15, 0.2) is 0 Å². The van der Waals surface area contributed by atoms with Crippen LogP contribution in [0.15, 0.2) is 15.7 Å². The van der Waals surface area contributed by atoms with Gasteiger partial charge >= 0.3 is 0 Å². The van der Waals surface area contributed by atoms with E-state index < -0.39 is 0 Å². The smallest absolute Gasteiger partial charge is 0.0834 e. The van der Waals surface area contributed by atoms with Crippen molar-refractivity contribution in [2.24, 2.45) is 5.92 Å². The summed E-state index contributed by atoms with van der Waals surface area (Å²) in [5.41, 5.74) is 1.36. The zero-order chi connectivity index (χ0) is 7.97. The van der Waals surface area contributed by atoms with Crippen molar-refractivity contribution in [3.63, 3.8) is 0 Å². The van der Waals surface area contributed by atoms with E-state index in [0.29, 0.717) is 0 Å². The number of rotatable bonds is 1. The Hall–Kier alpha value is -0.150. The molecule has 0 radical (unpaired) electrons. The van der Waals surface area contributed by atoms with Gasteiger partial charge in [0.05, 0.1) is 9.90 Å². The minimum absolute atomic E-state index is 0.858. The lowest BCUT2D eigenvalue weighted by Gasteiger charge is -2.22. The van der Waals surface area contributed by atoms with Crippen LogP contribution in [0.2, 0.25) is 0 Å². The average Bonchev–Trinajstić information content (AvgIpc) is 2.84. The van der Waals surface area contributed by atoms with E-state index in [4.69, 9.17) is 0 Å². The molecule has 1 atom stereocenters. The fourth-order valence-corrected chi connectivity index (χ4v) is 4.17. The molecule has 0 amide bonds. The minimum Gasteiger partial charge on any atom is -0.382 e. The molecule has 12 heavy (non-hydrogen) atoms. The highest BCUT2D eigenvalue weighted by atomic mass is 32.2. The topological polar surface area (TPSA) is 12.0 Å². The maximum Gasteiger partial charge on any atom is 0.0834 e. The molecular formula is C9H11NS2. The van der Waals surface area contributed by atoms with Gasteiger partial charge in [-0.3, -0.25) is 0 Å². The SMILES string of the molecule is c1cc2c(s1)SC(C1CC1)CN2. The number of anilines is 1. The molecule has 1 aromatic rings. The molecule has 0 saturated heterocycles. The number of fused-ring (bicyclic) bond motifs is 1. The van der Waals surface area contributed by atoms with Crippen LogP contribution in [0.1, 0.15) is 12.8 Å². The molecule has 0 spiro atoms. The van der Waals surface area contributed by atoms with E-state index >= 15 is 0 Å². The standard InChI is InChI=1S/C9H11NS2/c1-2-6(1)8-5-10-7-3-4-11-9(7)12-8/h3-4,6,8,10H,1-2,5H2. The first kappa shape index (κ1) is 7.27. The van der Waals surface area contributed by atoms with Gasteiger partial charge in [-0.25, -0.2) is 0 Å². The maximum absolute atomic E-state index is 3.50. The Labute approximate surface area is 80.6 Å². The summed E-state index contributed by atoms with van der Waals surface area (Å²) in [6, 6.07) is 2.19. The van der Waals surface area contributed by atoms with Crippen molar-refractivity contribution >= 4 is 28.8 Å². The third kappa shape index (κ3) is 1.15. The Morgan fingerprint density at radius 1 is 1.42 bits per heavy atom. The molecule has 1 aromatic heterocycles. The van der Waals surface area contributed by atoms with Gasteiger partial charge in [0.2, 0.25) is 0 Å². The number of thioether (sulfide) groups is 1. The summed E-state index contributed by atoms with van der Waals surface area (Å²) in [6.45, 7) is 1.18. The summed E-state index contributed by atoms with van der Waals surface area (Å²) in [4.78, 5) is 0. The van der Waals surface area contributed by atoms with Crippen LogP contribution in [0.3, 0.4) is 0 Å². The van der Waals surface area contributed by atoms with Crippen molar-refractivity contribution in [1.29, 1.82) is 0 Å². The maximum atomic E-state index is 3.50. The fourth-order valence-electron chi connectivity index (χ4n) is 1.64. The second-order valence-corrected chi connectivity index (χ2v) is 5.92. The summed E-state index contributed by atoms with van der Waals surface area (Å²) in [5.74, 6) is 1.01. The lowest BCUT2D eigenvalue weighted by molar-refractivity contribution is 0.774. The highest BCUT2D eigenvalue weighted by molar-refractivity contribution is 8.02. The molecule has 0 bridgehead atoms. The Morgan fingerprint density at radius 3 is 3.17 bits per heavy atom. The van der Waals surface area contributed by atoms with E-state index in [-0.39, 0.29) is 0 Å². The molecule has 1 N–H and O–H groups in total. The third-order valence-corrected chi connectivity index (χ3v) is 5.10. The van der Waals surface area contributed by atoms with E-state index in [2.05, 4.69) is 28.5 Å². The van der Waals surface area contributed by atoms with Crippen molar-refractivity contribution in [3.05, 3.63) is 11.4 Å². The van der Waals surface area contributed by atoms with Crippen LogP contribution in [-0.2, 0) is 0 Å². The predicted octanol–water partition coefficient (Wildman–Crippen LogP) is 3.04. The molecule has 1 nitrogen and oxygen atoms in total. The van der Waals surface area contributed by atoms with E-state index in [9.17, 15) is 0 Å². The fraction of sp³-hybridized carbons (Fsp3) is 0.556. The zero-order valence-corrected chi connectivity index (χ0v) is 8.38. The summed E-state index contributed by atoms with van der Waals surface area (Å²) in [6.07, 6.45) is 2.92. The largest absolute Gasteiger partial charge is 0.382 e. The first-order valence-corrected chi connectivity index (χ1v) is 6.17. The quantitative estimate of drug-likeness (QED) is 0.742. The second-order valence-electron chi connectivity index (χ2n) is 3.50. The molecule has 2 heterocycles. The van der Waals surface area contributed by atoms with Crippen molar-refractivity contribution in [1.82, 2.24) is 0 Å². The molecule has 1 aliphatic carbocycles. The van der Waals surface area contributed by atoms with Gasteiger partial charge in [-0.05, 0) is 30.2 Å². The van der Waals surface area contributed by atoms with Gasteiger partial charge in [0, 0.05) is 11.8 Å². The monoisotopic (exact) mass is 197 g/mol. The van der Waals surface area contributed by atoms with Crippen LogP contribution in [0.4, 0.5) is 5.69 Å². The van der Waals surface area contributed by atoms with Gasteiger partial charge in [0.25, 0.3) is 0 Å². The average molecular weight is 197 g/mol. The van der Waals surface area contributed by atoms with E-state index in [1.165, 1.54) is 29.3 Å². The summed E-state index contributed by atoms with van der Waals surface area (Å²) < 4.78 is 1.50. The molecule has 1 unspecified atom stereocenters. The first-order chi connectivity index (χ1) is 5.93. The minimum atomic E-state index is 0.858. The molecule has 2 aliphatic rings. The van der Waals surface area contributed by atoms with Crippen molar-refractivity contribution in [2.45, 2.75) is 22.3 Å². The number of hydrogen-bond donors (Lipinski definition) is 1. The normalized spacial score (nSPS) is 27.8. The van der Waals surface area contributed by atoms with Crippen LogP contribution in [0, 0.1) is 5.92 Å². The lowest BCUT2D eigenvalue weighted by atomic mass is 10.3. The summed E-state index contributed by atoms with van der Waals surface area (Å²) in [7, 11) is 0. The Bertz CT molecular complexity index is 290. The van der Waals surface area contributed by atoms with Crippen LogP contribution < -0.4 is 5.32 Å². The Balaban J connectivity index is 1.83. The van der Waals surface area contributed by atoms with Crippen LogP contribution in [-0.4, -0.2) is 11.8 Å². The Kier molecular flexibility index (Phi) is 1.62. The number of thiophene rings is 1. The Morgan fingerprint density at radius 2 is 2.33 bits per heavy atom. The number of nitrogens with one attached hydrogen (secondary N) is 1. The lowest BCUT2D eigenvalue weighted by Crippen LogP contribution is -2.21. The van der Waals surface area contributed by atoms with Gasteiger partial charge in [0.1, 0.15) is 0 Å². The molecule has 1 fully saturated rings. The van der Waals surface area contributed by atoms with E-state index in [1.807, 2.05) is 11.3 Å². The van der Waals surface area contributed by atoms with Crippen LogP contribution in [0.25, 0.3) is 0 Å². The zero-order valence-electron chi connectivity index (χ0n) is 6.75. The van der Waals surface area contributed by atoms with Gasteiger partial charge < -0.3 is 5.32 Å². The summed E-state index contributed by atoms with van der Waals surface area (Å²) in [5, 5.41) is 6.54. The first-order valence-electron chi connectivity index (χ1n) is 4.41. The van der Waals surface area contributed by atoms with Gasteiger partial charge in [-0.15, -0.1) is 23.1 Å². The van der Waals surface area contributed by atoms with Gasteiger partial charge in [-0.1, -0.05) is 0 Å². The molecule has 64 valence electrons.